The Balaban J connectivity index is 2.37. The lowest BCUT2D eigenvalue weighted by Gasteiger charge is -2.31. The van der Waals surface area contributed by atoms with Crippen molar-refractivity contribution in [1.82, 2.24) is 4.90 Å². The summed E-state index contributed by atoms with van der Waals surface area (Å²) >= 11 is 0. The van der Waals surface area contributed by atoms with Gasteiger partial charge in [0.1, 0.15) is 5.60 Å². The standard InChI is InChI=1S/C10H16NO2/c1-10(2,13-9-12)8-11-6-4-3-5-7-11/h3-4H,5-8H2,1-2H3. The lowest BCUT2D eigenvalue weighted by Crippen LogP contribution is -2.41. The van der Waals surface area contributed by atoms with Crippen molar-refractivity contribution in [2.75, 3.05) is 19.6 Å². The van der Waals surface area contributed by atoms with Gasteiger partial charge >= 0.3 is 6.47 Å². The van der Waals surface area contributed by atoms with Gasteiger partial charge in [-0.05, 0) is 20.3 Å². The van der Waals surface area contributed by atoms with E-state index in [2.05, 4.69) is 17.1 Å². The molecule has 1 aliphatic heterocycles. The normalized spacial score (nSPS) is 18.6. The first-order chi connectivity index (χ1) is 6.14. The van der Waals surface area contributed by atoms with Crippen molar-refractivity contribution in [3.63, 3.8) is 0 Å². The van der Waals surface area contributed by atoms with Gasteiger partial charge in [0.2, 0.25) is 0 Å². The quantitative estimate of drug-likeness (QED) is 0.610. The molecule has 0 aromatic rings. The Kier molecular flexibility index (Phi) is 3.48. The zero-order valence-corrected chi connectivity index (χ0v) is 8.25. The maximum Gasteiger partial charge on any atom is 0.418 e. The van der Waals surface area contributed by atoms with Gasteiger partial charge in [-0.2, -0.15) is 0 Å². The minimum absolute atomic E-state index is 0.424. The van der Waals surface area contributed by atoms with E-state index in [1.54, 1.807) is 0 Å². The molecule has 3 nitrogen and oxygen atoms in total. The summed E-state index contributed by atoms with van der Waals surface area (Å²) in [5.41, 5.74) is -0.424. The van der Waals surface area contributed by atoms with E-state index in [0.29, 0.717) is 0 Å². The van der Waals surface area contributed by atoms with E-state index in [-0.39, 0.29) is 0 Å². The molecule has 0 spiro atoms. The largest absolute Gasteiger partial charge is 0.450 e. The minimum atomic E-state index is -0.424. The zero-order valence-electron chi connectivity index (χ0n) is 8.25. The van der Waals surface area contributed by atoms with Crippen LogP contribution in [0.5, 0.6) is 0 Å². The molecule has 0 unspecified atom stereocenters. The monoisotopic (exact) mass is 182 g/mol. The van der Waals surface area contributed by atoms with Gasteiger partial charge in [-0.25, -0.2) is 4.79 Å². The molecule has 1 aliphatic rings. The van der Waals surface area contributed by atoms with Gasteiger partial charge in [-0.1, -0.05) is 12.2 Å². The second kappa shape index (κ2) is 4.42. The fourth-order valence-corrected chi connectivity index (χ4v) is 1.52. The first kappa shape index (κ1) is 10.3. The van der Waals surface area contributed by atoms with Crippen LogP contribution >= 0.6 is 0 Å². The smallest absolute Gasteiger partial charge is 0.418 e. The Hall–Kier alpha value is -0.830. The number of ether oxygens (including phenoxy) is 1. The molecule has 0 saturated heterocycles. The van der Waals surface area contributed by atoms with Gasteiger partial charge in [0.05, 0.1) is 0 Å². The molecule has 0 aliphatic carbocycles. The highest BCUT2D eigenvalue weighted by Crippen LogP contribution is 2.12. The van der Waals surface area contributed by atoms with Crippen LogP contribution in [0.1, 0.15) is 20.3 Å². The van der Waals surface area contributed by atoms with Crippen molar-refractivity contribution in [3.05, 3.63) is 12.2 Å². The van der Waals surface area contributed by atoms with Crippen molar-refractivity contribution in [2.45, 2.75) is 25.9 Å². The van der Waals surface area contributed by atoms with Crippen LogP contribution < -0.4 is 0 Å². The molecule has 0 aromatic heterocycles. The Labute approximate surface area is 79.4 Å². The molecule has 3 heteroatoms. The van der Waals surface area contributed by atoms with E-state index < -0.39 is 5.60 Å². The molecule has 73 valence electrons. The van der Waals surface area contributed by atoms with E-state index in [1.165, 1.54) is 6.47 Å². The molecule has 1 radical (unpaired) electrons. The van der Waals surface area contributed by atoms with Crippen molar-refractivity contribution < 1.29 is 9.53 Å². The third-order valence-electron chi connectivity index (χ3n) is 2.06. The molecule has 13 heavy (non-hydrogen) atoms. The molecule has 0 N–H and O–H groups in total. The maximum absolute atomic E-state index is 10.1. The summed E-state index contributed by atoms with van der Waals surface area (Å²) in [5, 5.41) is 0. The number of nitrogens with zero attached hydrogens (tertiary/aromatic N) is 1. The maximum atomic E-state index is 10.1. The summed E-state index contributed by atoms with van der Waals surface area (Å²) in [4.78, 5) is 12.3. The fraction of sp³-hybridized carbons (Fsp3) is 0.700. The first-order valence-corrected chi connectivity index (χ1v) is 4.56. The van der Waals surface area contributed by atoms with Gasteiger partial charge in [0.15, 0.2) is 0 Å². The average molecular weight is 182 g/mol. The Morgan fingerprint density at radius 2 is 2.31 bits per heavy atom. The molecular weight excluding hydrogens is 166 g/mol. The molecular formula is C10H16NO2. The predicted octanol–water partition coefficient (Wildman–Crippen LogP) is 1.11. The zero-order chi connectivity index (χ0) is 9.73. The second-order valence-electron chi connectivity index (χ2n) is 3.94. The van der Waals surface area contributed by atoms with Crippen LogP contribution in [0.15, 0.2) is 12.2 Å². The molecule has 0 amide bonds. The van der Waals surface area contributed by atoms with Crippen molar-refractivity contribution >= 4 is 6.47 Å². The lowest BCUT2D eigenvalue weighted by molar-refractivity contribution is 0.0484. The Morgan fingerprint density at radius 3 is 2.85 bits per heavy atom. The number of rotatable bonds is 4. The average Bonchev–Trinajstić information content (AvgIpc) is 2.04. The van der Waals surface area contributed by atoms with E-state index in [0.717, 1.165) is 26.1 Å². The summed E-state index contributed by atoms with van der Waals surface area (Å²) < 4.78 is 4.86. The van der Waals surface area contributed by atoms with E-state index >= 15 is 0 Å². The molecule has 1 rings (SSSR count). The molecule has 0 atom stereocenters. The molecule has 1 heterocycles. The molecule has 0 saturated carbocycles. The summed E-state index contributed by atoms with van der Waals surface area (Å²) in [5.74, 6) is 0. The van der Waals surface area contributed by atoms with E-state index in [9.17, 15) is 4.79 Å². The van der Waals surface area contributed by atoms with Gasteiger partial charge < -0.3 is 4.74 Å². The van der Waals surface area contributed by atoms with E-state index in [1.807, 2.05) is 13.8 Å². The van der Waals surface area contributed by atoms with Gasteiger partial charge in [-0.15, -0.1) is 0 Å². The third kappa shape index (κ3) is 3.59. The highest BCUT2D eigenvalue weighted by Gasteiger charge is 2.23. The molecule has 0 aromatic carbocycles. The lowest BCUT2D eigenvalue weighted by atomic mass is 10.1. The molecule has 0 fully saturated rings. The van der Waals surface area contributed by atoms with Crippen LogP contribution in [0.2, 0.25) is 0 Å². The first-order valence-electron chi connectivity index (χ1n) is 4.56. The summed E-state index contributed by atoms with van der Waals surface area (Å²) in [6, 6.07) is 0. The van der Waals surface area contributed by atoms with Crippen molar-refractivity contribution in [3.8, 4) is 0 Å². The summed E-state index contributed by atoms with van der Waals surface area (Å²) in [7, 11) is 0. The van der Waals surface area contributed by atoms with Crippen molar-refractivity contribution in [1.29, 1.82) is 0 Å². The fourth-order valence-electron chi connectivity index (χ4n) is 1.52. The highest BCUT2D eigenvalue weighted by molar-refractivity contribution is 5.39. The summed E-state index contributed by atoms with van der Waals surface area (Å²) in [6.07, 6.45) is 5.40. The van der Waals surface area contributed by atoms with Crippen LogP contribution in [-0.4, -0.2) is 36.6 Å². The predicted molar refractivity (Wildman–Crippen MR) is 51.1 cm³/mol. The van der Waals surface area contributed by atoms with E-state index in [4.69, 9.17) is 4.74 Å². The SMILES string of the molecule is CC(C)(CN1CC=CCC1)O[C]=O. The van der Waals surface area contributed by atoms with Crippen LogP contribution in [0.3, 0.4) is 0 Å². The number of hydrogen-bond acceptors (Lipinski definition) is 3. The van der Waals surface area contributed by atoms with Gasteiger partial charge in [-0.3, -0.25) is 4.90 Å². The van der Waals surface area contributed by atoms with Gasteiger partial charge in [0, 0.05) is 19.6 Å². The highest BCUT2D eigenvalue weighted by atomic mass is 16.5. The van der Waals surface area contributed by atoms with Crippen LogP contribution in [0.4, 0.5) is 0 Å². The minimum Gasteiger partial charge on any atom is -0.450 e. The second-order valence-corrected chi connectivity index (χ2v) is 3.94. The topological polar surface area (TPSA) is 29.5 Å². The van der Waals surface area contributed by atoms with Gasteiger partial charge in [0.25, 0.3) is 0 Å². The number of carbonyl (C=O) groups excluding carboxylic acids is 1. The number of hydrogen-bond donors (Lipinski definition) is 0. The van der Waals surface area contributed by atoms with Crippen LogP contribution in [0.25, 0.3) is 0 Å². The third-order valence-corrected chi connectivity index (χ3v) is 2.06. The van der Waals surface area contributed by atoms with Crippen LogP contribution in [-0.2, 0) is 9.53 Å². The Morgan fingerprint density at radius 1 is 1.54 bits per heavy atom. The van der Waals surface area contributed by atoms with Crippen LogP contribution in [0, 0.1) is 0 Å². The Bertz CT molecular complexity index is 199. The molecule has 0 bridgehead atoms. The summed E-state index contributed by atoms with van der Waals surface area (Å²) in [6.45, 7) is 8.07. The van der Waals surface area contributed by atoms with Crippen molar-refractivity contribution in [2.24, 2.45) is 0 Å².